The predicted octanol–water partition coefficient (Wildman–Crippen LogP) is 2.03. The highest BCUT2D eigenvalue weighted by molar-refractivity contribution is 5.94. The van der Waals surface area contributed by atoms with Crippen molar-refractivity contribution in [3.8, 4) is 11.4 Å². The van der Waals surface area contributed by atoms with Gasteiger partial charge >= 0.3 is 0 Å². The number of benzene rings is 1. The molecule has 0 saturated carbocycles. The van der Waals surface area contributed by atoms with Crippen LogP contribution in [0.15, 0.2) is 30.5 Å². The lowest BCUT2D eigenvalue weighted by molar-refractivity contribution is 0.0117. The molecule has 0 fully saturated rings. The Bertz CT molecular complexity index is 711. The van der Waals surface area contributed by atoms with Crippen molar-refractivity contribution in [3.05, 3.63) is 41.7 Å². The fraction of sp³-hybridized carbons (Fsp3) is 0.375. The lowest BCUT2D eigenvalue weighted by Crippen LogP contribution is -2.41. The van der Waals surface area contributed by atoms with E-state index in [0.717, 1.165) is 5.56 Å². The van der Waals surface area contributed by atoms with Gasteiger partial charge in [0.15, 0.2) is 11.4 Å². The van der Waals surface area contributed by atoms with Gasteiger partial charge < -0.3 is 16.2 Å². The van der Waals surface area contributed by atoms with Gasteiger partial charge in [0.25, 0.3) is 11.8 Å². The van der Waals surface area contributed by atoms with E-state index in [0.29, 0.717) is 11.6 Å². The largest absolute Gasteiger partial charge is 0.504 e. The molecule has 0 aliphatic carbocycles. The third-order valence-corrected chi connectivity index (χ3v) is 3.54. The molecule has 0 saturated heterocycles. The standard InChI is InChI=1S/C16H20F2N4O2/c1-10(2)11-3-5-12(6-4-11)22-7-13(23)14(21-22)15(24)20-9-16(17,18)8-19/h3-7,10,23H,8-9,19H2,1-2H3,(H,20,24). The van der Waals surface area contributed by atoms with E-state index in [4.69, 9.17) is 5.73 Å². The first kappa shape index (κ1) is 17.9. The SMILES string of the molecule is CC(C)c1ccc(-n2cc(O)c(C(=O)NCC(F)(F)CN)n2)cc1. The van der Waals surface area contributed by atoms with Gasteiger partial charge in [0.1, 0.15) is 0 Å². The van der Waals surface area contributed by atoms with Crippen molar-refractivity contribution in [1.82, 2.24) is 15.1 Å². The second-order valence-corrected chi connectivity index (χ2v) is 5.80. The smallest absolute Gasteiger partial charge is 0.277 e. The molecule has 0 spiro atoms. The molecule has 0 radical (unpaired) electrons. The van der Waals surface area contributed by atoms with Crippen molar-refractivity contribution in [2.24, 2.45) is 5.73 Å². The van der Waals surface area contributed by atoms with E-state index in [-0.39, 0.29) is 5.69 Å². The van der Waals surface area contributed by atoms with Crippen LogP contribution in [0.25, 0.3) is 5.69 Å². The average Bonchev–Trinajstić information content (AvgIpc) is 2.94. The summed E-state index contributed by atoms with van der Waals surface area (Å²) in [6, 6.07) is 7.43. The Morgan fingerprint density at radius 2 is 2.00 bits per heavy atom. The zero-order chi connectivity index (χ0) is 17.9. The summed E-state index contributed by atoms with van der Waals surface area (Å²) < 4.78 is 27.5. The molecule has 1 aromatic heterocycles. The molecule has 8 heteroatoms. The lowest BCUT2D eigenvalue weighted by Gasteiger charge is -2.13. The number of aromatic nitrogens is 2. The number of aromatic hydroxyl groups is 1. The molecule has 0 aliphatic heterocycles. The van der Waals surface area contributed by atoms with Crippen LogP contribution in [0.2, 0.25) is 0 Å². The Balaban J connectivity index is 2.16. The van der Waals surface area contributed by atoms with Crippen molar-refractivity contribution in [3.63, 3.8) is 0 Å². The molecule has 1 heterocycles. The van der Waals surface area contributed by atoms with Crippen molar-refractivity contribution in [2.45, 2.75) is 25.7 Å². The summed E-state index contributed by atoms with van der Waals surface area (Å²) in [5.41, 5.74) is 6.36. The first-order valence-electron chi connectivity index (χ1n) is 7.48. The number of nitrogens with zero attached hydrogens (tertiary/aromatic N) is 2. The maximum atomic E-state index is 13.1. The molecule has 24 heavy (non-hydrogen) atoms. The molecule has 0 bridgehead atoms. The van der Waals surface area contributed by atoms with Crippen LogP contribution < -0.4 is 11.1 Å². The van der Waals surface area contributed by atoms with Crippen LogP contribution >= 0.6 is 0 Å². The first-order valence-corrected chi connectivity index (χ1v) is 7.48. The summed E-state index contributed by atoms with van der Waals surface area (Å²) in [6.45, 7) is 2.33. The van der Waals surface area contributed by atoms with Gasteiger partial charge in [0, 0.05) is 0 Å². The van der Waals surface area contributed by atoms with Crippen LogP contribution in [0.3, 0.4) is 0 Å². The Labute approximate surface area is 138 Å². The number of amides is 1. The molecule has 0 aliphatic rings. The highest BCUT2D eigenvalue weighted by Gasteiger charge is 2.28. The normalized spacial score (nSPS) is 11.8. The van der Waals surface area contributed by atoms with Crippen LogP contribution in [0.1, 0.15) is 35.8 Å². The zero-order valence-electron chi connectivity index (χ0n) is 13.5. The molecule has 2 aromatic rings. The van der Waals surface area contributed by atoms with Crippen molar-refractivity contribution < 1.29 is 18.7 Å². The lowest BCUT2D eigenvalue weighted by atomic mass is 10.0. The minimum Gasteiger partial charge on any atom is -0.504 e. The molecule has 130 valence electrons. The summed E-state index contributed by atoms with van der Waals surface area (Å²) in [6.07, 6.45) is 1.25. The van der Waals surface area contributed by atoms with Gasteiger partial charge in [-0.05, 0) is 23.6 Å². The van der Waals surface area contributed by atoms with E-state index in [9.17, 15) is 18.7 Å². The molecular formula is C16H20F2N4O2. The minimum atomic E-state index is -3.21. The minimum absolute atomic E-state index is 0.323. The third-order valence-electron chi connectivity index (χ3n) is 3.54. The van der Waals surface area contributed by atoms with Gasteiger partial charge in [-0.1, -0.05) is 26.0 Å². The van der Waals surface area contributed by atoms with Crippen LogP contribution in [-0.4, -0.2) is 39.8 Å². The van der Waals surface area contributed by atoms with Crippen LogP contribution in [0.4, 0.5) is 8.78 Å². The molecular weight excluding hydrogens is 318 g/mol. The highest BCUT2D eigenvalue weighted by atomic mass is 19.3. The van der Waals surface area contributed by atoms with Gasteiger partial charge in [0.05, 0.1) is 25.0 Å². The topological polar surface area (TPSA) is 93.2 Å². The number of halogens is 2. The van der Waals surface area contributed by atoms with Gasteiger partial charge in [-0.2, -0.15) is 5.10 Å². The number of carbonyl (C=O) groups excluding carboxylic acids is 1. The maximum Gasteiger partial charge on any atom is 0.277 e. The Hall–Kier alpha value is -2.48. The summed E-state index contributed by atoms with van der Waals surface area (Å²) in [4.78, 5) is 11.9. The molecule has 1 aromatic carbocycles. The molecule has 4 N–H and O–H groups in total. The number of rotatable bonds is 6. The maximum absolute atomic E-state index is 13.1. The van der Waals surface area contributed by atoms with E-state index in [1.165, 1.54) is 10.9 Å². The second-order valence-electron chi connectivity index (χ2n) is 5.80. The summed E-state index contributed by atoms with van der Waals surface area (Å²) in [5, 5.41) is 15.8. The summed E-state index contributed by atoms with van der Waals surface area (Å²) in [7, 11) is 0. The molecule has 0 atom stereocenters. The summed E-state index contributed by atoms with van der Waals surface area (Å²) >= 11 is 0. The first-order chi connectivity index (χ1) is 11.2. The van der Waals surface area contributed by atoms with Gasteiger partial charge in [0.2, 0.25) is 0 Å². The highest BCUT2D eigenvalue weighted by Crippen LogP contribution is 2.21. The molecule has 6 nitrogen and oxygen atoms in total. The van der Waals surface area contributed by atoms with Crippen molar-refractivity contribution in [1.29, 1.82) is 0 Å². The second kappa shape index (κ2) is 6.96. The number of hydrogen-bond acceptors (Lipinski definition) is 4. The fourth-order valence-corrected chi connectivity index (χ4v) is 2.04. The zero-order valence-corrected chi connectivity index (χ0v) is 13.5. The van der Waals surface area contributed by atoms with E-state index >= 15 is 0 Å². The van der Waals surface area contributed by atoms with Crippen LogP contribution in [0.5, 0.6) is 5.75 Å². The van der Waals surface area contributed by atoms with E-state index in [1.54, 1.807) is 12.1 Å². The van der Waals surface area contributed by atoms with E-state index in [1.807, 2.05) is 17.4 Å². The monoisotopic (exact) mass is 338 g/mol. The van der Waals surface area contributed by atoms with Gasteiger partial charge in [-0.3, -0.25) is 4.79 Å². The number of carbonyl (C=O) groups is 1. The van der Waals surface area contributed by atoms with Gasteiger partial charge in [-0.25, -0.2) is 13.5 Å². The van der Waals surface area contributed by atoms with Crippen LogP contribution in [-0.2, 0) is 0 Å². The molecule has 2 rings (SSSR count). The molecule has 1 amide bonds. The van der Waals surface area contributed by atoms with Crippen LogP contribution in [0, 0.1) is 0 Å². The number of alkyl halides is 2. The molecule has 0 unspecified atom stereocenters. The number of nitrogens with two attached hydrogens (primary N) is 1. The summed E-state index contributed by atoms with van der Waals surface area (Å²) in [5.74, 6) is -4.12. The quantitative estimate of drug-likeness (QED) is 0.751. The Morgan fingerprint density at radius 3 is 2.54 bits per heavy atom. The number of nitrogens with one attached hydrogen (secondary N) is 1. The van der Waals surface area contributed by atoms with Gasteiger partial charge in [-0.15, -0.1) is 0 Å². The van der Waals surface area contributed by atoms with Crippen molar-refractivity contribution >= 4 is 5.91 Å². The Kier molecular flexibility index (Phi) is 5.18. The predicted molar refractivity (Wildman–Crippen MR) is 85.7 cm³/mol. The van der Waals surface area contributed by atoms with E-state index in [2.05, 4.69) is 18.9 Å². The van der Waals surface area contributed by atoms with Crippen molar-refractivity contribution in [2.75, 3.05) is 13.1 Å². The fourth-order valence-electron chi connectivity index (χ4n) is 2.04. The third kappa shape index (κ3) is 4.08. The Morgan fingerprint density at radius 1 is 1.38 bits per heavy atom. The number of hydrogen-bond donors (Lipinski definition) is 3. The van der Waals surface area contributed by atoms with E-state index < -0.39 is 30.7 Å². The average molecular weight is 338 g/mol.